The molecule has 2 rings (SSSR count). The second kappa shape index (κ2) is 5.99. The third-order valence-corrected chi connectivity index (χ3v) is 3.53. The van der Waals surface area contributed by atoms with Crippen molar-refractivity contribution in [3.05, 3.63) is 33.8 Å². The minimum atomic E-state index is -0.311. The summed E-state index contributed by atoms with van der Waals surface area (Å²) in [7, 11) is 0. The predicted molar refractivity (Wildman–Crippen MR) is 78.2 cm³/mol. The number of aryl methyl sites for hydroxylation is 1. The van der Waals surface area contributed by atoms with Crippen molar-refractivity contribution >= 4 is 39.7 Å². The van der Waals surface area contributed by atoms with E-state index < -0.39 is 0 Å². The second-order valence-electron chi connectivity index (χ2n) is 3.88. The molecule has 19 heavy (non-hydrogen) atoms. The van der Waals surface area contributed by atoms with Gasteiger partial charge in [-0.2, -0.15) is 0 Å². The fourth-order valence-corrected chi connectivity index (χ4v) is 2.32. The number of nitrogens with one attached hydrogen (secondary N) is 2. The Labute approximate surface area is 120 Å². The number of benzene rings is 1. The van der Waals surface area contributed by atoms with E-state index in [1.807, 2.05) is 26.0 Å². The third kappa shape index (κ3) is 3.42. The monoisotopic (exact) mass is 296 g/mol. The van der Waals surface area contributed by atoms with Crippen molar-refractivity contribution in [2.45, 2.75) is 13.8 Å². The molecule has 7 heteroatoms. The minimum Gasteiger partial charge on any atom is -0.360 e. The maximum Gasteiger partial charge on any atom is 0.286 e. The van der Waals surface area contributed by atoms with E-state index in [1.165, 1.54) is 11.3 Å². The number of rotatable bonds is 4. The van der Waals surface area contributed by atoms with E-state index >= 15 is 0 Å². The van der Waals surface area contributed by atoms with Crippen LogP contribution in [0.15, 0.2) is 18.2 Å². The number of halogens is 1. The van der Waals surface area contributed by atoms with Gasteiger partial charge in [-0.1, -0.05) is 29.0 Å². The van der Waals surface area contributed by atoms with Crippen LogP contribution in [0.1, 0.15) is 22.3 Å². The number of amides is 1. The molecule has 1 aromatic carbocycles. The first-order valence-corrected chi connectivity index (χ1v) is 6.94. The Morgan fingerprint density at radius 2 is 2.21 bits per heavy atom. The van der Waals surface area contributed by atoms with Crippen molar-refractivity contribution in [1.82, 2.24) is 10.2 Å². The molecule has 2 N–H and O–H groups in total. The summed E-state index contributed by atoms with van der Waals surface area (Å²) in [5.74, 6) is -0.311. The van der Waals surface area contributed by atoms with E-state index in [0.717, 1.165) is 12.1 Å². The maximum atomic E-state index is 12.0. The van der Waals surface area contributed by atoms with E-state index in [9.17, 15) is 4.79 Å². The lowest BCUT2D eigenvalue weighted by Crippen LogP contribution is -2.12. The van der Waals surface area contributed by atoms with Gasteiger partial charge in [0.1, 0.15) is 0 Å². The first-order chi connectivity index (χ1) is 9.10. The fourth-order valence-electron chi connectivity index (χ4n) is 1.45. The molecule has 0 bridgehead atoms. The lowest BCUT2D eigenvalue weighted by atomic mass is 10.2. The molecular weight excluding hydrogens is 284 g/mol. The number of carbonyl (C=O) groups excluding carboxylic acids is 1. The average molecular weight is 297 g/mol. The Kier molecular flexibility index (Phi) is 4.34. The van der Waals surface area contributed by atoms with Crippen LogP contribution in [-0.2, 0) is 0 Å². The first kappa shape index (κ1) is 13.8. The number of aromatic nitrogens is 2. The second-order valence-corrected chi connectivity index (χ2v) is 5.26. The molecule has 1 heterocycles. The van der Waals surface area contributed by atoms with Crippen molar-refractivity contribution in [3.63, 3.8) is 0 Å². The molecule has 5 nitrogen and oxygen atoms in total. The zero-order valence-corrected chi connectivity index (χ0v) is 12.1. The average Bonchev–Trinajstić information content (AvgIpc) is 2.83. The highest BCUT2D eigenvalue weighted by molar-refractivity contribution is 7.17. The van der Waals surface area contributed by atoms with Gasteiger partial charge in [0.2, 0.25) is 10.1 Å². The summed E-state index contributed by atoms with van der Waals surface area (Å²) < 4.78 is 0. The van der Waals surface area contributed by atoms with E-state index in [1.54, 1.807) is 6.07 Å². The summed E-state index contributed by atoms with van der Waals surface area (Å²) in [6.45, 7) is 4.62. The van der Waals surface area contributed by atoms with Gasteiger partial charge in [-0.25, -0.2) is 0 Å². The van der Waals surface area contributed by atoms with Crippen molar-refractivity contribution < 1.29 is 4.79 Å². The lowest BCUT2D eigenvalue weighted by Gasteiger charge is -2.06. The van der Waals surface area contributed by atoms with Crippen molar-refractivity contribution in [2.24, 2.45) is 0 Å². The van der Waals surface area contributed by atoms with Crippen LogP contribution in [0, 0.1) is 6.92 Å². The van der Waals surface area contributed by atoms with Crippen LogP contribution >= 0.6 is 22.9 Å². The van der Waals surface area contributed by atoms with Gasteiger partial charge in [0.05, 0.1) is 10.7 Å². The number of hydrogen-bond donors (Lipinski definition) is 2. The smallest absolute Gasteiger partial charge is 0.286 e. The van der Waals surface area contributed by atoms with E-state index in [0.29, 0.717) is 20.8 Å². The minimum absolute atomic E-state index is 0.300. The highest BCUT2D eigenvalue weighted by Crippen LogP contribution is 2.24. The molecule has 2 aromatic rings. The highest BCUT2D eigenvalue weighted by atomic mass is 35.5. The third-order valence-electron chi connectivity index (χ3n) is 2.32. The van der Waals surface area contributed by atoms with Gasteiger partial charge < -0.3 is 10.6 Å². The van der Waals surface area contributed by atoms with E-state index in [-0.39, 0.29) is 5.91 Å². The van der Waals surface area contributed by atoms with Crippen LogP contribution in [0.4, 0.5) is 10.8 Å². The standard InChI is InChI=1S/C12H13ClN4OS/c1-3-14-12-17-16-11(19-12)10(18)15-9-6-7(2)4-5-8(9)13/h4-6H,3H2,1-2H3,(H,14,17)(H,15,18). The quantitative estimate of drug-likeness (QED) is 0.909. The molecule has 1 aromatic heterocycles. The van der Waals surface area contributed by atoms with Gasteiger partial charge in [0, 0.05) is 6.54 Å². The van der Waals surface area contributed by atoms with E-state index in [4.69, 9.17) is 11.6 Å². The summed E-state index contributed by atoms with van der Waals surface area (Å²) in [5.41, 5.74) is 1.59. The lowest BCUT2D eigenvalue weighted by molar-refractivity contribution is 0.102. The van der Waals surface area contributed by atoms with Gasteiger partial charge in [-0.05, 0) is 31.5 Å². The largest absolute Gasteiger partial charge is 0.360 e. The molecule has 0 saturated carbocycles. The van der Waals surface area contributed by atoms with Crippen molar-refractivity contribution in [1.29, 1.82) is 0 Å². The highest BCUT2D eigenvalue weighted by Gasteiger charge is 2.14. The predicted octanol–water partition coefficient (Wildman–Crippen LogP) is 3.18. The summed E-state index contributed by atoms with van der Waals surface area (Å²) in [6, 6.07) is 5.44. The molecule has 0 spiro atoms. The fraction of sp³-hybridized carbons (Fsp3) is 0.250. The van der Waals surface area contributed by atoms with Gasteiger partial charge in [0.15, 0.2) is 0 Å². The summed E-state index contributed by atoms with van der Waals surface area (Å²) in [6.07, 6.45) is 0. The van der Waals surface area contributed by atoms with Crippen LogP contribution in [-0.4, -0.2) is 22.6 Å². The summed E-state index contributed by atoms with van der Waals surface area (Å²) >= 11 is 7.23. The molecule has 0 atom stereocenters. The van der Waals surface area contributed by atoms with Gasteiger partial charge in [0.25, 0.3) is 5.91 Å². The SMILES string of the molecule is CCNc1nnc(C(=O)Nc2cc(C)ccc2Cl)s1. The zero-order chi connectivity index (χ0) is 13.8. The van der Waals surface area contributed by atoms with Gasteiger partial charge in [-0.3, -0.25) is 4.79 Å². The van der Waals surface area contributed by atoms with Crippen LogP contribution in [0.5, 0.6) is 0 Å². The van der Waals surface area contributed by atoms with Crippen LogP contribution in [0.25, 0.3) is 0 Å². The molecule has 0 radical (unpaired) electrons. The van der Waals surface area contributed by atoms with Gasteiger partial charge >= 0.3 is 0 Å². The van der Waals surface area contributed by atoms with Crippen molar-refractivity contribution in [3.8, 4) is 0 Å². The number of anilines is 2. The molecule has 0 aliphatic rings. The molecule has 0 aliphatic carbocycles. The van der Waals surface area contributed by atoms with E-state index in [2.05, 4.69) is 20.8 Å². The summed E-state index contributed by atoms with van der Waals surface area (Å²) in [4.78, 5) is 12.0. The first-order valence-electron chi connectivity index (χ1n) is 5.75. The summed E-state index contributed by atoms with van der Waals surface area (Å²) in [5, 5.41) is 14.9. The Bertz CT molecular complexity index is 599. The van der Waals surface area contributed by atoms with Gasteiger partial charge in [-0.15, -0.1) is 10.2 Å². The number of carbonyl (C=O) groups is 1. The van der Waals surface area contributed by atoms with Crippen molar-refractivity contribution in [2.75, 3.05) is 17.2 Å². The Balaban J connectivity index is 2.13. The number of hydrogen-bond acceptors (Lipinski definition) is 5. The van der Waals surface area contributed by atoms with Crippen LogP contribution in [0.3, 0.4) is 0 Å². The zero-order valence-electron chi connectivity index (χ0n) is 10.5. The topological polar surface area (TPSA) is 66.9 Å². The van der Waals surface area contributed by atoms with Crippen LogP contribution < -0.4 is 10.6 Å². The Morgan fingerprint density at radius 3 is 2.95 bits per heavy atom. The number of nitrogens with zero attached hydrogens (tertiary/aromatic N) is 2. The Morgan fingerprint density at radius 1 is 1.42 bits per heavy atom. The normalized spacial score (nSPS) is 10.3. The molecular formula is C12H13ClN4OS. The molecule has 0 unspecified atom stereocenters. The molecule has 1 amide bonds. The van der Waals surface area contributed by atoms with Crippen LogP contribution in [0.2, 0.25) is 5.02 Å². The maximum absolute atomic E-state index is 12.0. The molecule has 0 fully saturated rings. The Hall–Kier alpha value is -1.66. The molecule has 0 saturated heterocycles. The molecule has 0 aliphatic heterocycles. The molecule has 100 valence electrons.